The molecular weight excluding hydrogens is 140 g/mol. The van der Waals surface area contributed by atoms with E-state index in [9.17, 15) is 4.79 Å². The predicted octanol–water partition coefficient (Wildman–Crippen LogP) is -0.173. The number of carbonyl (C=O) groups excluding carboxylic acids is 1. The minimum atomic E-state index is 0.246. The Balaban J connectivity index is 2.02. The first-order valence-electron chi connectivity index (χ1n) is 4.23. The molecule has 0 aromatic heterocycles. The quantitative estimate of drug-likeness (QED) is 0.525. The smallest absolute Gasteiger partial charge is 0.220 e. The number of rotatable bonds is 0. The SMILES string of the molecule is CN1CC[C@H]2NC(=O)C[C@H]2C1. The first-order chi connectivity index (χ1) is 5.25. The summed E-state index contributed by atoms with van der Waals surface area (Å²) in [7, 11) is 2.12. The molecule has 2 atom stereocenters. The lowest BCUT2D eigenvalue weighted by atomic mass is 9.94. The van der Waals surface area contributed by atoms with E-state index in [1.165, 1.54) is 0 Å². The molecule has 1 N–H and O–H groups in total. The molecule has 0 saturated carbocycles. The van der Waals surface area contributed by atoms with Crippen LogP contribution in [0.25, 0.3) is 0 Å². The molecule has 0 bridgehead atoms. The Morgan fingerprint density at radius 1 is 1.64 bits per heavy atom. The van der Waals surface area contributed by atoms with Crippen molar-refractivity contribution in [3.63, 3.8) is 0 Å². The Bertz CT molecular complexity index is 181. The fourth-order valence-electron chi connectivity index (χ4n) is 2.11. The van der Waals surface area contributed by atoms with Crippen molar-refractivity contribution in [1.82, 2.24) is 10.2 Å². The summed E-state index contributed by atoms with van der Waals surface area (Å²) in [5, 5.41) is 3.01. The maximum absolute atomic E-state index is 11.0. The van der Waals surface area contributed by atoms with Gasteiger partial charge in [-0.1, -0.05) is 0 Å². The van der Waals surface area contributed by atoms with Crippen LogP contribution in [0.4, 0.5) is 0 Å². The fourth-order valence-corrected chi connectivity index (χ4v) is 2.11. The van der Waals surface area contributed by atoms with E-state index in [1.807, 2.05) is 0 Å². The lowest BCUT2D eigenvalue weighted by molar-refractivity contribution is -0.119. The van der Waals surface area contributed by atoms with Gasteiger partial charge >= 0.3 is 0 Å². The second-order valence-corrected chi connectivity index (χ2v) is 3.69. The summed E-state index contributed by atoms with van der Waals surface area (Å²) in [5.41, 5.74) is 0. The van der Waals surface area contributed by atoms with Crippen molar-refractivity contribution >= 4 is 5.91 Å². The van der Waals surface area contributed by atoms with Crippen LogP contribution in [0.5, 0.6) is 0 Å². The summed E-state index contributed by atoms with van der Waals surface area (Å²) in [4.78, 5) is 13.3. The van der Waals surface area contributed by atoms with Gasteiger partial charge in [-0.2, -0.15) is 0 Å². The summed E-state index contributed by atoms with van der Waals surface area (Å²) < 4.78 is 0. The number of likely N-dealkylation sites (tertiary alicyclic amines) is 1. The van der Waals surface area contributed by atoms with Gasteiger partial charge < -0.3 is 10.2 Å². The third-order valence-corrected chi connectivity index (χ3v) is 2.73. The van der Waals surface area contributed by atoms with Gasteiger partial charge in [0.05, 0.1) is 0 Å². The second kappa shape index (κ2) is 2.48. The van der Waals surface area contributed by atoms with Gasteiger partial charge in [-0.05, 0) is 20.0 Å². The zero-order chi connectivity index (χ0) is 7.84. The van der Waals surface area contributed by atoms with Gasteiger partial charge in [-0.15, -0.1) is 0 Å². The average Bonchev–Trinajstić information content (AvgIpc) is 2.27. The van der Waals surface area contributed by atoms with Crippen molar-refractivity contribution in [2.75, 3.05) is 20.1 Å². The van der Waals surface area contributed by atoms with Gasteiger partial charge in [0.25, 0.3) is 0 Å². The zero-order valence-electron chi connectivity index (χ0n) is 6.84. The van der Waals surface area contributed by atoms with Crippen LogP contribution < -0.4 is 5.32 Å². The van der Waals surface area contributed by atoms with Crippen molar-refractivity contribution in [3.05, 3.63) is 0 Å². The van der Waals surface area contributed by atoms with Crippen LogP contribution in [0.15, 0.2) is 0 Å². The van der Waals surface area contributed by atoms with Crippen LogP contribution in [-0.4, -0.2) is 37.0 Å². The molecule has 0 radical (unpaired) electrons. The van der Waals surface area contributed by atoms with E-state index in [1.54, 1.807) is 0 Å². The molecule has 0 unspecified atom stereocenters. The van der Waals surface area contributed by atoms with Crippen LogP contribution in [0, 0.1) is 5.92 Å². The Kier molecular flexibility index (Phi) is 1.60. The Hall–Kier alpha value is -0.570. The second-order valence-electron chi connectivity index (χ2n) is 3.69. The van der Waals surface area contributed by atoms with Crippen LogP contribution in [0.2, 0.25) is 0 Å². The highest BCUT2D eigenvalue weighted by atomic mass is 16.2. The minimum absolute atomic E-state index is 0.246. The van der Waals surface area contributed by atoms with Crippen LogP contribution >= 0.6 is 0 Å². The number of hydrogen-bond acceptors (Lipinski definition) is 2. The zero-order valence-corrected chi connectivity index (χ0v) is 6.84. The monoisotopic (exact) mass is 154 g/mol. The molecule has 2 rings (SSSR count). The van der Waals surface area contributed by atoms with E-state index in [0.717, 1.165) is 25.9 Å². The first-order valence-corrected chi connectivity index (χ1v) is 4.23. The highest BCUT2D eigenvalue weighted by molar-refractivity contribution is 5.79. The third kappa shape index (κ3) is 1.25. The van der Waals surface area contributed by atoms with Crippen LogP contribution in [0.3, 0.4) is 0 Å². The normalized spacial score (nSPS) is 38.5. The van der Waals surface area contributed by atoms with E-state index in [4.69, 9.17) is 0 Å². The molecule has 62 valence electrons. The molecular formula is C8H14N2O. The summed E-state index contributed by atoms with van der Waals surface area (Å²) in [6, 6.07) is 0.485. The molecule has 1 amide bonds. The number of carbonyl (C=O) groups is 1. The molecule has 0 aliphatic carbocycles. The topological polar surface area (TPSA) is 32.3 Å². The lowest BCUT2D eigenvalue weighted by Gasteiger charge is -2.31. The minimum Gasteiger partial charge on any atom is -0.353 e. The molecule has 3 heteroatoms. The van der Waals surface area contributed by atoms with Gasteiger partial charge in [-0.25, -0.2) is 0 Å². The number of hydrogen-bond donors (Lipinski definition) is 1. The molecule has 11 heavy (non-hydrogen) atoms. The maximum atomic E-state index is 11.0. The Morgan fingerprint density at radius 2 is 2.45 bits per heavy atom. The van der Waals surface area contributed by atoms with Gasteiger partial charge in [0, 0.05) is 24.9 Å². The van der Waals surface area contributed by atoms with Crippen LogP contribution in [0.1, 0.15) is 12.8 Å². The number of fused-ring (bicyclic) bond motifs is 1. The molecule has 2 fully saturated rings. The van der Waals surface area contributed by atoms with Crippen molar-refractivity contribution in [1.29, 1.82) is 0 Å². The fraction of sp³-hybridized carbons (Fsp3) is 0.875. The molecule has 2 aliphatic rings. The van der Waals surface area contributed by atoms with Gasteiger partial charge in [0.1, 0.15) is 0 Å². The summed E-state index contributed by atoms with van der Waals surface area (Å²) in [5.74, 6) is 0.830. The molecule has 2 saturated heterocycles. The molecule has 0 aromatic carbocycles. The standard InChI is InChI=1S/C8H14N2O/c1-10-3-2-7-6(5-10)4-8(11)9-7/h6-7H,2-5H2,1H3,(H,9,11)/t6-,7+/m0/s1. The van der Waals surface area contributed by atoms with E-state index in [2.05, 4.69) is 17.3 Å². The average molecular weight is 154 g/mol. The van der Waals surface area contributed by atoms with Gasteiger partial charge in [-0.3, -0.25) is 4.79 Å². The van der Waals surface area contributed by atoms with E-state index in [0.29, 0.717) is 12.0 Å². The van der Waals surface area contributed by atoms with Gasteiger partial charge in [0.2, 0.25) is 5.91 Å². The highest BCUT2D eigenvalue weighted by Crippen LogP contribution is 2.23. The van der Waals surface area contributed by atoms with E-state index >= 15 is 0 Å². The number of nitrogens with one attached hydrogen (secondary N) is 1. The largest absolute Gasteiger partial charge is 0.353 e. The molecule has 2 heterocycles. The number of nitrogens with zero attached hydrogens (tertiary/aromatic N) is 1. The Morgan fingerprint density at radius 3 is 3.27 bits per heavy atom. The van der Waals surface area contributed by atoms with Crippen molar-refractivity contribution in [2.45, 2.75) is 18.9 Å². The number of piperidine rings is 1. The number of amides is 1. The summed E-state index contributed by atoms with van der Waals surface area (Å²) in [6.07, 6.45) is 1.88. The van der Waals surface area contributed by atoms with Crippen LogP contribution in [-0.2, 0) is 4.79 Å². The maximum Gasteiger partial charge on any atom is 0.220 e. The summed E-state index contributed by atoms with van der Waals surface area (Å²) in [6.45, 7) is 2.21. The van der Waals surface area contributed by atoms with Crippen molar-refractivity contribution in [3.8, 4) is 0 Å². The first kappa shape index (κ1) is 7.10. The molecule has 2 aliphatic heterocycles. The molecule has 0 spiro atoms. The predicted molar refractivity (Wildman–Crippen MR) is 42.2 cm³/mol. The van der Waals surface area contributed by atoms with Crippen molar-refractivity contribution in [2.24, 2.45) is 5.92 Å². The summed E-state index contributed by atoms with van der Waals surface area (Å²) >= 11 is 0. The van der Waals surface area contributed by atoms with E-state index in [-0.39, 0.29) is 5.91 Å². The third-order valence-electron chi connectivity index (χ3n) is 2.73. The lowest BCUT2D eigenvalue weighted by Crippen LogP contribution is -2.42. The molecule has 0 aromatic rings. The Labute approximate surface area is 66.8 Å². The van der Waals surface area contributed by atoms with Gasteiger partial charge in [0.15, 0.2) is 0 Å². The molecule has 3 nitrogen and oxygen atoms in total. The van der Waals surface area contributed by atoms with Crippen molar-refractivity contribution < 1.29 is 4.79 Å². The highest BCUT2D eigenvalue weighted by Gasteiger charge is 2.35. The van der Waals surface area contributed by atoms with E-state index < -0.39 is 0 Å².